The molecule has 0 saturated carbocycles. The number of amides is 2. The van der Waals surface area contributed by atoms with Gasteiger partial charge >= 0.3 is 6.03 Å². The number of aromatic nitrogens is 6. The number of urea groups is 1. The third-order valence-corrected chi connectivity index (χ3v) is 8.06. The largest absolute Gasteiger partial charge is 0.325 e. The minimum Gasteiger partial charge on any atom is -0.325 e. The van der Waals surface area contributed by atoms with E-state index in [1.807, 2.05) is 45.1 Å². The molecule has 0 unspecified atom stereocenters. The van der Waals surface area contributed by atoms with Crippen molar-refractivity contribution in [3.05, 3.63) is 54.6 Å². The number of likely N-dealkylation sites (tertiary alicyclic amines) is 2. The van der Waals surface area contributed by atoms with Crippen LogP contribution in [0.5, 0.6) is 0 Å². The standard InChI is InChI=1S/C30H37N9O/c1-21(2)23-15-29(36-32-17-23)35-28-7-6-26-27(34-28)14-24(16-31-26)25-18-33-39(20-25)19-22-8-12-38(13-9-22)30(40)37-10-4-3-5-11-37/h6-7,14-18,20-22H,3-5,8-13,19H2,1-2H3,(H,34,35,36). The molecule has 2 saturated heterocycles. The van der Waals surface area contributed by atoms with Gasteiger partial charge in [0.1, 0.15) is 5.82 Å². The van der Waals surface area contributed by atoms with Crippen molar-refractivity contribution in [3.63, 3.8) is 0 Å². The Morgan fingerprint density at radius 3 is 2.52 bits per heavy atom. The first-order chi connectivity index (χ1) is 19.5. The predicted octanol–water partition coefficient (Wildman–Crippen LogP) is 5.47. The number of rotatable bonds is 6. The summed E-state index contributed by atoms with van der Waals surface area (Å²) in [6.07, 6.45) is 13.2. The molecule has 0 aliphatic carbocycles. The highest BCUT2D eigenvalue weighted by Gasteiger charge is 2.27. The van der Waals surface area contributed by atoms with Gasteiger partial charge in [0.2, 0.25) is 0 Å². The maximum Gasteiger partial charge on any atom is 0.319 e. The molecule has 0 aromatic carbocycles. The Morgan fingerprint density at radius 1 is 0.925 bits per heavy atom. The minimum absolute atomic E-state index is 0.229. The van der Waals surface area contributed by atoms with Crippen LogP contribution >= 0.6 is 0 Å². The monoisotopic (exact) mass is 539 g/mol. The number of nitrogens with zero attached hydrogens (tertiary/aromatic N) is 8. The van der Waals surface area contributed by atoms with Crippen molar-refractivity contribution in [1.29, 1.82) is 0 Å². The molecule has 40 heavy (non-hydrogen) atoms. The molecule has 2 fully saturated rings. The van der Waals surface area contributed by atoms with Crippen LogP contribution in [-0.2, 0) is 6.54 Å². The molecule has 4 aromatic rings. The lowest BCUT2D eigenvalue weighted by Crippen LogP contribution is -2.48. The second-order valence-corrected chi connectivity index (χ2v) is 11.3. The summed E-state index contributed by atoms with van der Waals surface area (Å²) in [5.74, 6) is 2.25. The molecule has 4 aromatic heterocycles. The SMILES string of the molecule is CC(C)c1cnnc(Nc2ccc3ncc(-c4cnn(CC5CCN(C(=O)N6CCCCC6)CC5)c4)cc3n2)c1. The number of carbonyl (C=O) groups excluding carboxylic acids is 1. The van der Waals surface area contributed by atoms with Crippen LogP contribution in [0.3, 0.4) is 0 Å². The first-order valence-electron chi connectivity index (χ1n) is 14.4. The summed E-state index contributed by atoms with van der Waals surface area (Å²) in [5, 5.41) is 16.2. The third-order valence-electron chi connectivity index (χ3n) is 8.06. The molecular formula is C30H37N9O. The van der Waals surface area contributed by atoms with Gasteiger partial charge in [0.15, 0.2) is 5.82 Å². The van der Waals surface area contributed by atoms with E-state index in [4.69, 9.17) is 4.98 Å². The second kappa shape index (κ2) is 11.6. The van der Waals surface area contributed by atoms with Crippen molar-refractivity contribution in [2.45, 2.75) is 58.4 Å². The average Bonchev–Trinajstić information content (AvgIpc) is 3.46. The highest BCUT2D eigenvalue weighted by atomic mass is 16.2. The summed E-state index contributed by atoms with van der Waals surface area (Å²) in [6, 6.07) is 8.15. The molecule has 6 rings (SSSR count). The van der Waals surface area contributed by atoms with Gasteiger partial charge < -0.3 is 15.1 Å². The van der Waals surface area contributed by atoms with Crippen LogP contribution in [0.15, 0.2) is 49.1 Å². The van der Waals surface area contributed by atoms with E-state index in [1.54, 1.807) is 6.20 Å². The highest BCUT2D eigenvalue weighted by molar-refractivity contribution is 5.81. The molecule has 2 aliphatic rings. The fourth-order valence-corrected chi connectivity index (χ4v) is 5.59. The lowest BCUT2D eigenvalue weighted by molar-refractivity contribution is 0.121. The number of piperidine rings is 2. The zero-order chi connectivity index (χ0) is 27.5. The zero-order valence-corrected chi connectivity index (χ0v) is 23.3. The highest BCUT2D eigenvalue weighted by Crippen LogP contribution is 2.26. The lowest BCUT2D eigenvalue weighted by atomic mass is 9.97. The maximum absolute atomic E-state index is 12.8. The predicted molar refractivity (Wildman–Crippen MR) is 155 cm³/mol. The molecule has 0 atom stereocenters. The quantitative estimate of drug-likeness (QED) is 0.346. The summed E-state index contributed by atoms with van der Waals surface area (Å²) >= 11 is 0. The van der Waals surface area contributed by atoms with Gasteiger partial charge in [0.25, 0.3) is 0 Å². The van der Waals surface area contributed by atoms with Crippen LogP contribution in [0.2, 0.25) is 0 Å². The van der Waals surface area contributed by atoms with Gasteiger partial charge in [-0.3, -0.25) is 9.67 Å². The van der Waals surface area contributed by atoms with Crippen LogP contribution in [0.1, 0.15) is 57.4 Å². The molecule has 2 aliphatic heterocycles. The normalized spacial score (nSPS) is 16.6. The Hall–Kier alpha value is -4.08. The van der Waals surface area contributed by atoms with Crippen LogP contribution in [0.25, 0.3) is 22.2 Å². The molecule has 10 heteroatoms. The number of hydrogen-bond donors (Lipinski definition) is 1. The summed E-state index contributed by atoms with van der Waals surface area (Å²) in [7, 11) is 0. The molecular weight excluding hydrogens is 502 g/mol. The Morgan fingerprint density at radius 2 is 1.73 bits per heavy atom. The number of pyridine rings is 2. The van der Waals surface area contributed by atoms with Crippen molar-refractivity contribution < 1.29 is 4.79 Å². The van der Waals surface area contributed by atoms with E-state index in [2.05, 4.69) is 51.7 Å². The molecule has 6 heterocycles. The van der Waals surface area contributed by atoms with Gasteiger partial charge in [0.05, 0.1) is 23.4 Å². The summed E-state index contributed by atoms with van der Waals surface area (Å²) in [5.41, 5.74) is 4.74. The van der Waals surface area contributed by atoms with Crippen LogP contribution < -0.4 is 5.32 Å². The number of hydrogen-bond acceptors (Lipinski definition) is 7. The van der Waals surface area contributed by atoms with E-state index in [1.165, 1.54) is 6.42 Å². The van der Waals surface area contributed by atoms with Gasteiger partial charge in [-0.1, -0.05) is 13.8 Å². The molecule has 0 radical (unpaired) electrons. The fourth-order valence-electron chi connectivity index (χ4n) is 5.59. The Bertz CT molecular complexity index is 1470. The number of nitrogens with one attached hydrogen (secondary N) is 1. The van der Waals surface area contributed by atoms with Crippen molar-refractivity contribution in [2.24, 2.45) is 5.92 Å². The van der Waals surface area contributed by atoms with E-state index in [0.29, 0.717) is 23.5 Å². The maximum atomic E-state index is 12.8. The van der Waals surface area contributed by atoms with Crippen molar-refractivity contribution in [1.82, 2.24) is 39.7 Å². The van der Waals surface area contributed by atoms with Gasteiger partial charge in [0, 0.05) is 56.2 Å². The topological polar surface area (TPSA) is 105 Å². The van der Waals surface area contributed by atoms with Crippen molar-refractivity contribution >= 4 is 28.7 Å². The zero-order valence-electron chi connectivity index (χ0n) is 23.3. The second-order valence-electron chi connectivity index (χ2n) is 11.3. The first-order valence-corrected chi connectivity index (χ1v) is 14.4. The van der Waals surface area contributed by atoms with E-state index in [0.717, 1.165) is 86.1 Å². The van der Waals surface area contributed by atoms with Gasteiger partial charge in [-0.2, -0.15) is 10.2 Å². The molecule has 1 N–H and O–H groups in total. The van der Waals surface area contributed by atoms with Gasteiger partial charge in [-0.15, -0.1) is 5.10 Å². The Kier molecular flexibility index (Phi) is 7.57. The summed E-state index contributed by atoms with van der Waals surface area (Å²) < 4.78 is 2.03. The summed E-state index contributed by atoms with van der Waals surface area (Å²) in [4.78, 5) is 26.3. The van der Waals surface area contributed by atoms with Crippen LogP contribution in [0, 0.1) is 5.92 Å². The number of anilines is 2. The summed E-state index contributed by atoms with van der Waals surface area (Å²) in [6.45, 7) is 8.60. The fraction of sp³-hybridized carbons (Fsp3) is 0.467. The minimum atomic E-state index is 0.229. The van der Waals surface area contributed by atoms with Crippen LogP contribution in [-0.4, -0.2) is 72.0 Å². The van der Waals surface area contributed by atoms with E-state index >= 15 is 0 Å². The number of carbonyl (C=O) groups is 1. The average molecular weight is 540 g/mol. The van der Waals surface area contributed by atoms with Gasteiger partial charge in [-0.25, -0.2) is 9.78 Å². The van der Waals surface area contributed by atoms with Crippen molar-refractivity contribution in [3.8, 4) is 11.1 Å². The van der Waals surface area contributed by atoms with Crippen LogP contribution in [0.4, 0.5) is 16.4 Å². The van der Waals surface area contributed by atoms with Crippen molar-refractivity contribution in [2.75, 3.05) is 31.5 Å². The smallest absolute Gasteiger partial charge is 0.319 e. The molecule has 0 bridgehead atoms. The molecule has 2 amide bonds. The molecule has 0 spiro atoms. The first kappa shape index (κ1) is 26.2. The Labute approximate surface area is 234 Å². The van der Waals surface area contributed by atoms with E-state index in [-0.39, 0.29) is 6.03 Å². The Balaban J connectivity index is 1.09. The lowest BCUT2D eigenvalue weighted by Gasteiger charge is -2.37. The van der Waals surface area contributed by atoms with E-state index in [9.17, 15) is 4.79 Å². The molecule has 10 nitrogen and oxygen atoms in total. The molecule has 208 valence electrons. The van der Waals surface area contributed by atoms with Gasteiger partial charge in [-0.05, 0) is 73.8 Å². The third kappa shape index (κ3) is 5.90. The van der Waals surface area contributed by atoms with E-state index < -0.39 is 0 Å². The number of fused-ring (bicyclic) bond motifs is 1.